The maximum atomic E-state index is 11.6. The Morgan fingerprint density at radius 2 is 1.88 bits per heavy atom. The predicted octanol–water partition coefficient (Wildman–Crippen LogP) is 2.28. The second kappa shape index (κ2) is 4.54. The summed E-state index contributed by atoms with van der Waals surface area (Å²) in [6.45, 7) is 0. The largest absolute Gasteiger partial charge is 0.492 e. The molecule has 1 aromatic rings. The standard InChI is InChI=1S/C11H11BrO5/c1-14-8-6(12)4-5-7(9(8)15-2)11(16-3)17-10(5)13/h4,11H,1-3H3. The number of cyclic esters (lactones) is 1. The van der Waals surface area contributed by atoms with E-state index in [1.807, 2.05) is 0 Å². The number of carbonyl (C=O) groups excluding carboxylic acids is 1. The predicted molar refractivity (Wildman–Crippen MR) is 62.4 cm³/mol. The van der Waals surface area contributed by atoms with Crippen molar-refractivity contribution in [3.63, 3.8) is 0 Å². The molecular formula is C11H11BrO5. The average Bonchev–Trinajstić information content (AvgIpc) is 2.64. The van der Waals surface area contributed by atoms with E-state index < -0.39 is 12.3 Å². The lowest BCUT2D eigenvalue weighted by atomic mass is 10.1. The van der Waals surface area contributed by atoms with E-state index in [0.717, 1.165) is 0 Å². The second-order valence-electron chi connectivity index (χ2n) is 3.36. The van der Waals surface area contributed by atoms with E-state index in [-0.39, 0.29) is 0 Å². The molecule has 0 N–H and O–H groups in total. The third-order valence-corrected chi connectivity index (χ3v) is 3.11. The van der Waals surface area contributed by atoms with Crippen molar-refractivity contribution in [1.29, 1.82) is 0 Å². The molecule has 6 heteroatoms. The minimum absolute atomic E-state index is 0.418. The SMILES string of the molecule is COc1c(Br)cc2c(c1OC)C(OC)OC2=O. The highest BCUT2D eigenvalue weighted by molar-refractivity contribution is 9.10. The Morgan fingerprint density at radius 3 is 2.41 bits per heavy atom. The van der Waals surface area contributed by atoms with Gasteiger partial charge in [-0.05, 0) is 22.0 Å². The van der Waals surface area contributed by atoms with E-state index in [4.69, 9.17) is 18.9 Å². The first-order valence-electron chi connectivity index (χ1n) is 4.82. The minimum atomic E-state index is -0.755. The van der Waals surface area contributed by atoms with Crippen molar-refractivity contribution in [2.45, 2.75) is 6.29 Å². The van der Waals surface area contributed by atoms with Gasteiger partial charge in [0.2, 0.25) is 6.29 Å². The normalized spacial score (nSPS) is 17.6. The highest BCUT2D eigenvalue weighted by Gasteiger charge is 2.37. The van der Waals surface area contributed by atoms with Gasteiger partial charge in [-0.3, -0.25) is 0 Å². The number of esters is 1. The lowest BCUT2D eigenvalue weighted by Crippen LogP contribution is -2.03. The van der Waals surface area contributed by atoms with Crippen LogP contribution in [0.5, 0.6) is 11.5 Å². The number of carbonyl (C=O) groups is 1. The first-order chi connectivity index (χ1) is 8.13. The molecule has 1 heterocycles. The van der Waals surface area contributed by atoms with Crippen molar-refractivity contribution in [2.75, 3.05) is 21.3 Å². The van der Waals surface area contributed by atoms with E-state index in [1.54, 1.807) is 6.07 Å². The van der Waals surface area contributed by atoms with Crippen LogP contribution in [0.3, 0.4) is 0 Å². The summed E-state index contributed by atoms with van der Waals surface area (Å²) >= 11 is 3.32. The smallest absolute Gasteiger partial charge is 0.341 e. The van der Waals surface area contributed by atoms with E-state index >= 15 is 0 Å². The summed E-state index contributed by atoms with van der Waals surface area (Å²) in [5.74, 6) is 0.509. The van der Waals surface area contributed by atoms with Gasteiger partial charge < -0.3 is 18.9 Å². The van der Waals surface area contributed by atoms with Crippen LogP contribution in [-0.4, -0.2) is 27.3 Å². The van der Waals surface area contributed by atoms with Gasteiger partial charge in [0, 0.05) is 7.11 Å². The summed E-state index contributed by atoms with van der Waals surface area (Å²) in [6.07, 6.45) is -0.755. The molecule has 0 fully saturated rings. The number of benzene rings is 1. The number of hydrogen-bond donors (Lipinski definition) is 0. The maximum Gasteiger partial charge on any atom is 0.341 e. The summed E-state index contributed by atoms with van der Waals surface area (Å²) < 4.78 is 21.3. The Morgan fingerprint density at radius 1 is 1.24 bits per heavy atom. The lowest BCUT2D eigenvalue weighted by molar-refractivity contribution is -0.0824. The van der Waals surface area contributed by atoms with Crippen molar-refractivity contribution in [2.24, 2.45) is 0 Å². The summed E-state index contributed by atoms with van der Waals surface area (Å²) in [5.41, 5.74) is 0.974. The lowest BCUT2D eigenvalue weighted by Gasteiger charge is -2.15. The topological polar surface area (TPSA) is 54.0 Å². The zero-order chi connectivity index (χ0) is 12.6. The second-order valence-corrected chi connectivity index (χ2v) is 4.21. The molecule has 1 aliphatic heterocycles. The summed E-state index contributed by atoms with van der Waals surface area (Å²) in [4.78, 5) is 11.6. The number of hydrogen-bond acceptors (Lipinski definition) is 5. The average molecular weight is 303 g/mol. The monoisotopic (exact) mass is 302 g/mol. The van der Waals surface area contributed by atoms with Crippen molar-refractivity contribution < 1.29 is 23.7 Å². The van der Waals surface area contributed by atoms with Crippen LogP contribution in [0.1, 0.15) is 22.2 Å². The van der Waals surface area contributed by atoms with Gasteiger partial charge in [0.15, 0.2) is 11.5 Å². The van der Waals surface area contributed by atoms with Crippen molar-refractivity contribution in [3.8, 4) is 11.5 Å². The third kappa shape index (κ3) is 1.77. The Labute approximate surface area is 107 Å². The fourth-order valence-electron chi connectivity index (χ4n) is 1.80. The molecule has 0 amide bonds. The molecule has 92 valence electrons. The molecule has 1 unspecified atom stereocenters. The van der Waals surface area contributed by atoms with Crippen LogP contribution < -0.4 is 9.47 Å². The Hall–Kier alpha value is -1.27. The highest BCUT2D eigenvalue weighted by Crippen LogP contribution is 2.47. The van der Waals surface area contributed by atoms with Crippen molar-refractivity contribution >= 4 is 21.9 Å². The molecule has 2 rings (SSSR count). The third-order valence-electron chi connectivity index (χ3n) is 2.52. The van der Waals surface area contributed by atoms with Crippen LogP contribution >= 0.6 is 15.9 Å². The van der Waals surface area contributed by atoms with Gasteiger partial charge >= 0.3 is 5.97 Å². The van der Waals surface area contributed by atoms with Gasteiger partial charge in [-0.25, -0.2) is 4.79 Å². The number of fused-ring (bicyclic) bond motifs is 1. The molecule has 0 saturated heterocycles. The Bertz CT molecular complexity index is 471. The van der Waals surface area contributed by atoms with Gasteiger partial charge in [0.1, 0.15) is 0 Å². The minimum Gasteiger partial charge on any atom is -0.492 e. The van der Waals surface area contributed by atoms with Gasteiger partial charge in [0.25, 0.3) is 0 Å². The fraction of sp³-hybridized carbons (Fsp3) is 0.364. The number of halogens is 1. The summed E-state index contributed by atoms with van der Waals surface area (Å²) in [5, 5.41) is 0. The van der Waals surface area contributed by atoms with E-state index in [2.05, 4.69) is 15.9 Å². The van der Waals surface area contributed by atoms with Gasteiger partial charge in [0.05, 0.1) is 29.8 Å². The highest BCUT2D eigenvalue weighted by atomic mass is 79.9. The van der Waals surface area contributed by atoms with E-state index in [9.17, 15) is 4.79 Å². The molecule has 0 saturated carbocycles. The van der Waals surface area contributed by atoms with Crippen LogP contribution in [0, 0.1) is 0 Å². The molecule has 1 aromatic carbocycles. The van der Waals surface area contributed by atoms with Crippen LogP contribution in [-0.2, 0) is 9.47 Å². The Balaban J connectivity index is 2.70. The first kappa shape index (κ1) is 12.2. The molecule has 0 aromatic heterocycles. The number of ether oxygens (including phenoxy) is 4. The molecule has 5 nitrogen and oxygen atoms in total. The summed E-state index contributed by atoms with van der Waals surface area (Å²) in [7, 11) is 4.48. The molecular weight excluding hydrogens is 292 g/mol. The molecule has 1 aliphatic rings. The molecule has 0 radical (unpaired) electrons. The molecule has 0 bridgehead atoms. The molecule has 1 atom stereocenters. The fourth-order valence-corrected chi connectivity index (χ4v) is 2.38. The van der Waals surface area contributed by atoms with Crippen LogP contribution in [0.15, 0.2) is 10.5 Å². The van der Waals surface area contributed by atoms with Crippen LogP contribution in [0.2, 0.25) is 0 Å². The quantitative estimate of drug-likeness (QED) is 0.802. The van der Waals surface area contributed by atoms with Gasteiger partial charge in [-0.1, -0.05) is 0 Å². The molecule has 0 aliphatic carbocycles. The Kier molecular flexibility index (Phi) is 3.26. The van der Waals surface area contributed by atoms with Crippen LogP contribution in [0.4, 0.5) is 0 Å². The zero-order valence-corrected chi connectivity index (χ0v) is 11.2. The number of methoxy groups -OCH3 is 3. The first-order valence-corrected chi connectivity index (χ1v) is 5.61. The summed E-state index contributed by atoms with van der Waals surface area (Å²) in [6, 6.07) is 1.64. The number of rotatable bonds is 3. The molecule has 0 spiro atoms. The van der Waals surface area contributed by atoms with Crippen molar-refractivity contribution in [1.82, 2.24) is 0 Å². The van der Waals surface area contributed by atoms with E-state index in [1.165, 1.54) is 21.3 Å². The van der Waals surface area contributed by atoms with E-state index in [0.29, 0.717) is 27.1 Å². The zero-order valence-electron chi connectivity index (χ0n) is 9.57. The van der Waals surface area contributed by atoms with Gasteiger partial charge in [-0.15, -0.1) is 0 Å². The van der Waals surface area contributed by atoms with Crippen LogP contribution in [0.25, 0.3) is 0 Å². The van der Waals surface area contributed by atoms with Crippen molar-refractivity contribution in [3.05, 3.63) is 21.7 Å². The maximum absolute atomic E-state index is 11.6. The van der Waals surface area contributed by atoms with Gasteiger partial charge in [-0.2, -0.15) is 0 Å². The molecule has 17 heavy (non-hydrogen) atoms.